The average molecular weight is 203 g/mol. The van der Waals surface area contributed by atoms with E-state index in [4.69, 9.17) is 0 Å². The molecule has 0 saturated heterocycles. The van der Waals surface area contributed by atoms with Crippen molar-refractivity contribution < 1.29 is 8.42 Å². The molecule has 5 heteroatoms. The van der Waals surface area contributed by atoms with Gasteiger partial charge < -0.3 is 0 Å². The fourth-order valence-corrected chi connectivity index (χ4v) is 4.26. The highest BCUT2D eigenvalue weighted by Crippen LogP contribution is 2.33. The highest BCUT2D eigenvalue weighted by Gasteiger charge is 2.33. The normalized spacial score (nSPS) is 21.1. The van der Waals surface area contributed by atoms with Crippen LogP contribution in [0.1, 0.15) is 11.8 Å². The van der Waals surface area contributed by atoms with Gasteiger partial charge >= 0.3 is 0 Å². The fraction of sp³-hybridized carbons (Fsp3) is 0.429. The maximum Gasteiger partial charge on any atom is 0.244 e. The first kappa shape index (κ1) is 8.22. The van der Waals surface area contributed by atoms with Crippen molar-refractivity contribution in [1.29, 1.82) is 0 Å². The van der Waals surface area contributed by atoms with Gasteiger partial charge in [0.15, 0.2) is 0 Å². The molecule has 0 N–H and O–H groups in total. The third-order valence-electron chi connectivity index (χ3n) is 2.00. The molecular formula is C7H9NO2S2. The zero-order chi connectivity index (χ0) is 8.77. The Morgan fingerprint density at radius 3 is 3.00 bits per heavy atom. The first-order valence-electron chi connectivity index (χ1n) is 3.72. The highest BCUT2D eigenvalue weighted by molar-refractivity contribution is 7.89. The molecule has 2 heterocycles. The van der Waals surface area contributed by atoms with E-state index in [1.807, 2.05) is 12.3 Å². The molecule has 0 saturated carbocycles. The molecule has 0 spiro atoms. The molecular weight excluding hydrogens is 194 g/mol. The molecule has 3 nitrogen and oxygen atoms in total. The summed E-state index contributed by atoms with van der Waals surface area (Å²) in [6.07, 6.45) is 0. The summed E-state index contributed by atoms with van der Waals surface area (Å²) in [5.41, 5.74) is 0. The smallest absolute Gasteiger partial charge is 0.207 e. The molecule has 0 amide bonds. The summed E-state index contributed by atoms with van der Waals surface area (Å²) in [5, 5.41) is 1.83. The van der Waals surface area contributed by atoms with Crippen molar-refractivity contribution in [3.05, 3.63) is 16.3 Å². The predicted octanol–water partition coefficient (Wildman–Crippen LogP) is 1.27. The number of rotatable bonds is 1. The Labute approximate surface area is 75.7 Å². The summed E-state index contributed by atoms with van der Waals surface area (Å²) in [6, 6.07) is 1.69. The zero-order valence-corrected chi connectivity index (χ0v) is 8.28. The summed E-state index contributed by atoms with van der Waals surface area (Å²) in [6.45, 7) is 2.98. The molecule has 12 heavy (non-hydrogen) atoms. The zero-order valence-electron chi connectivity index (χ0n) is 6.65. The van der Waals surface area contributed by atoms with Crippen LogP contribution in [-0.4, -0.2) is 19.3 Å². The number of fused-ring (bicyclic) bond motifs is 1. The van der Waals surface area contributed by atoms with E-state index in [1.165, 1.54) is 15.6 Å². The van der Waals surface area contributed by atoms with Crippen molar-refractivity contribution >= 4 is 21.4 Å². The number of nitrogens with zero attached hydrogens (tertiary/aromatic N) is 1. The van der Waals surface area contributed by atoms with Gasteiger partial charge in [-0.1, -0.05) is 6.92 Å². The molecule has 1 aromatic rings. The van der Waals surface area contributed by atoms with E-state index < -0.39 is 10.0 Å². The van der Waals surface area contributed by atoms with Crippen LogP contribution in [0.25, 0.3) is 0 Å². The lowest BCUT2D eigenvalue weighted by Crippen LogP contribution is -2.23. The summed E-state index contributed by atoms with van der Waals surface area (Å²) in [5.74, 6) is 0. The van der Waals surface area contributed by atoms with E-state index in [-0.39, 0.29) is 0 Å². The summed E-state index contributed by atoms with van der Waals surface area (Å²) in [4.78, 5) is 1.48. The van der Waals surface area contributed by atoms with Gasteiger partial charge in [0.1, 0.15) is 0 Å². The molecule has 1 aliphatic heterocycles. The molecule has 0 aliphatic carbocycles. The van der Waals surface area contributed by atoms with E-state index >= 15 is 0 Å². The number of sulfonamides is 1. The van der Waals surface area contributed by atoms with Gasteiger partial charge in [-0.2, -0.15) is 4.31 Å². The molecule has 0 bridgehead atoms. The van der Waals surface area contributed by atoms with Crippen LogP contribution in [0.4, 0.5) is 0 Å². The van der Waals surface area contributed by atoms with Gasteiger partial charge in [0.2, 0.25) is 10.0 Å². The van der Waals surface area contributed by atoms with Gasteiger partial charge in [0, 0.05) is 18.0 Å². The van der Waals surface area contributed by atoms with Gasteiger partial charge in [0.05, 0.1) is 4.90 Å². The maximum atomic E-state index is 11.6. The van der Waals surface area contributed by atoms with Crippen LogP contribution in [0.2, 0.25) is 0 Å². The second-order valence-electron chi connectivity index (χ2n) is 2.64. The first-order valence-corrected chi connectivity index (χ1v) is 6.04. The largest absolute Gasteiger partial charge is 0.244 e. The minimum absolute atomic E-state index is 0.509. The van der Waals surface area contributed by atoms with Crippen LogP contribution in [0, 0.1) is 0 Å². The topological polar surface area (TPSA) is 37.4 Å². The van der Waals surface area contributed by atoms with E-state index in [0.29, 0.717) is 18.0 Å². The van der Waals surface area contributed by atoms with Crippen LogP contribution in [0.15, 0.2) is 16.3 Å². The predicted molar refractivity (Wildman–Crippen MR) is 47.6 cm³/mol. The Kier molecular flexibility index (Phi) is 1.75. The molecule has 0 atom stereocenters. The first-order chi connectivity index (χ1) is 5.66. The Bertz CT molecular complexity index is 393. The van der Waals surface area contributed by atoms with E-state index in [1.54, 1.807) is 6.07 Å². The monoisotopic (exact) mass is 203 g/mol. The lowest BCUT2D eigenvalue weighted by Gasteiger charge is -2.10. The van der Waals surface area contributed by atoms with E-state index in [2.05, 4.69) is 0 Å². The van der Waals surface area contributed by atoms with Gasteiger partial charge in [-0.05, 0) is 11.4 Å². The Balaban J connectivity index is 2.57. The third-order valence-corrected chi connectivity index (χ3v) is 5.04. The minimum atomic E-state index is -3.11. The lowest BCUT2D eigenvalue weighted by molar-refractivity contribution is 0.445. The molecule has 2 rings (SSSR count). The van der Waals surface area contributed by atoms with E-state index in [9.17, 15) is 8.42 Å². The Hall–Kier alpha value is -0.390. The molecule has 0 aromatic carbocycles. The quantitative estimate of drug-likeness (QED) is 0.689. The molecule has 0 radical (unpaired) electrons. The molecule has 66 valence electrons. The van der Waals surface area contributed by atoms with Gasteiger partial charge in [-0.25, -0.2) is 8.42 Å². The maximum absolute atomic E-state index is 11.6. The van der Waals surface area contributed by atoms with Crippen molar-refractivity contribution in [1.82, 2.24) is 4.31 Å². The van der Waals surface area contributed by atoms with Gasteiger partial charge in [0.25, 0.3) is 0 Å². The Morgan fingerprint density at radius 1 is 1.67 bits per heavy atom. The molecule has 1 aliphatic rings. The molecule has 0 unspecified atom stereocenters. The fourth-order valence-electron chi connectivity index (χ4n) is 1.34. The lowest BCUT2D eigenvalue weighted by atomic mass is 10.4. The van der Waals surface area contributed by atoms with Crippen LogP contribution in [-0.2, 0) is 16.6 Å². The van der Waals surface area contributed by atoms with Crippen LogP contribution in [0.5, 0.6) is 0 Å². The van der Waals surface area contributed by atoms with E-state index in [0.717, 1.165) is 4.88 Å². The van der Waals surface area contributed by atoms with Crippen molar-refractivity contribution in [2.24, 2.45) is 0 Å². The van der Waals surface area contributed by atoms with Gasteiger partial charge in [-0.3, -0.25) is 0 Å². The average Bonchev–Trinajstić information content (AvgIpc) is 2.53. The second-order valence-corrected chi connectivity index (χ2v) is 5.55. The molecule has 0 fully saturated rings. The minimum Gasteiger partial charge on any atom is -0.207 e. The van der Waals surface area contributed by atoms with Crippen molar-refractivity contribution in [3.63, 3.8) is 0 Å². The summed E-state index contributed by atoms with van der Waals surface area (Å²) >= 11 is 1.51. The Morgan fingerprint density at radius 2 is 2.42 bits per heavy atom. The molecule has 1 aromatic heterocycles. The summed E-state index contributed by atoms with van der Waals surface area (Å²) < 4.78 is 24.7. The number of hydrogen-bond donors (Lipinski definition) is 0. The third kappa shape index (κ3) is 0.935. The van der Waals surface area contributed by atoms with Crippen molar-refractivity contribution in [3.8, 4) is 0 Å². The van der Waals surface area contributed by atoms with Gasteiger partial charge in [-0.15, -0.1) is 11.3 Å². The van der Waals surface area contributed by atoms with Crippen LogP contribution < -0.4 is 0 Å². The van der Waals surface area contributed by atoms with Crippen molar-refractivity contribution in [2.45, 2.75) is 18.4 Å². The second kappa shape index (κ2) is 2.55. The van der Waals surface area contributed by atoms with Crippen molar-refractivity contribution in [2.75, 3.05) is 6.54 Å². The SMILES string of the molecule is CCN1Cc2sccc2S1(=O)=O. The van der Waals surface area contributed by atoms with Crippen LogP contribution in [0.3, 0.4) is 0 Å². The number of thiophene rings is 1. The summed E-state index contributed by atoms with van der Waals surface area (Å²) in [7, 11) is -3.11. The number of hydrogen-bond acceptors (Lipinski definition) is 3. The highest BCUT2D eigenvalue weighted by atomic mass is 32.2. The van der Waals surface area contributed by atoms with Crippen LogP contribution >= 0.6 is 11.3 Å². The standard InChI is InChI=1S/C7H9NO2S2/c1-2-8-5-6-7(3-4-11-6)12(8,9)10/h3-4H,2,5H2,1H3.